The van der Waals surface area contributed by atoms with E-state index in [1.165, 1.54) is 0 Å². The first-order chi connectivity index (χ1) is 13.1. The van der Waals surface area contributed by atoms with Gasteiger partial charge in [0.25, 0.3) is 5.91 Å². The maximum atomic E-state index is 13.0. The summed E-state index contributed by atoms with van der Waals surface area (Å²) in [5.41, 5.74) is 2.70. The molecule has 27 heavy (non-hydrogen) atoms. The van der Waals surface area contributed by atoms with Gasteiger partial charge in [-0.3, -0.25) is 9.78 Å². The molecule has 0 bridgehead atoms. The number of nitrogens with zero attached hydrogens (tertiary/aromatic N) is 3. The maximum Gasteiger partial charge on any atom is 0.270 e. The zero-order chi connectivity index (χ0) is 18.8. The van der Waals surface area contributed by atoms with Crippen LogP contribution in [0.3, 0.4) is 0 Å². The quantitative estimate of drug-likeness (QED) is 0.713. The van der Waals surface area contributed by atoms with Gasteiger partial charge < -0.3 is 18.9 Å². The van der Waals surface area contributed by atoms with Gasteiger partial charge in [-0.25, -0.2) is 0 Å². The number of fused-ring (bicyclic) bond motifs is 1. The summed E-state index contributed by atoms with van der Waals surface area (Å²) < 4.78 is 13.5. The van der Waals surface area contributed by atoms with Crippen molar-refractivity contribution in [3.05, 3.63) is 60.0 Å². The fourth-order valence-electron chi connectivity index (χ4n) is 3.39. The Morgan fingerprint density at radius 3 is 2.93 bits per heavy atom. The molecule has 3 aromatic rings. The highest BCUT2D eigenvalue weighted by molar-refractivity contribution is 5.98. The summed E-state index contributed by atoms with van der Waals surface area (Å²) in [7, 11) is 1.93. The molecule has 1 atom stereocenters. The molecule has 6 nitrogen and oxygen atoms in total. The highest BCUT2D eigenvalue weighted by Gasteiger charge is 2.27. The number of pyridine rings is 1. The van der Waals surface area contributed by atoms with Gasteiger partial charge in [-0.1, -0.05) is 18.2 Å². The van der Waals surface area contributed by atoms with Gasteiger partial charge in [-0.15, -0.1) is 0 Å². The number of carbonyl (C=O) groups is 1. The molecule has 1 saturated heterocycles. The Kier molecular flexibility index (Phi) is 4.81. The highest BCUT2D eigenvalue weighted by Crippen LogP contribution is 2.21. The van der Waals surface area contributed by atoms with Gasteiger partial charge in [-0.2, -0.15) is 0 Å². The summed E-state index contributed by atoms with van der Waals surface area (Å²) in [6.45, 7) is 3.94. The van der Waals surface area contributed by atoms with E-state index in [0.29, 0.717) is 37.7 Å². The van der Waals surface area contributed by atoms with Crippen LogP contribution in [0.15, 0.2) is 48.7 Å². The average Bonchev–Trinajstić information content (AvgIpc) is 3.04. The number of hydrogen-bond donors (Lipinski definition) is 0. The number of ether oxygens (including phenoxy) is 2. The van der Waals surface area contributed by atoms with Crippen molar-refractivity contribution in [1.82, 2.24) is 14.5 Å². The van der Waals surface area contributed by atoms with Crippen LogP contribution in [0.1, 0.15) is 16.2 Å². The van der Waals surface area contributed by atoms with Crippen molar-refractivity contribution in [1.29, 1.82) is 0 Å². The number of amides is 1. The minimum absolute atomic E-state index is 0.0269. The number of hydrogen-bond acceptors (Lipinski definition) is 4. The van der Waals surface area contributed by atoms with Gasteiger partial charge in [0.05, 0.1) is 19.3 Å². The van der Waals surface area contributed by atoms with E-state index in [0.717, 1.165) is 16.6 Å². The van der Waals surface area contributed by atoms with Gasteiger partial charge in [0.1, 0.15) is 24.2 Å². The monoisotopic (exact) mass is 365 g/mol. The molecule has 1 aliphatic rings. The van der Waals surface area contributed by atoms with Crippen molar-refractivity contribution in [3.63, 3.8) is 0 Å². The van der Waals surface area contributed by atoms with Crippen molar-refractivity contribution >= 4 is 16.8 Å². The van der Waals surface area contributed by atoms with Crippen molar-refractivity contribution in [2.75, 3.05) is 26.3 Å². The molecule has 1 fully saturated rings. The molecule has 6 heteroatoms. The van der Waals surface area contributed by atoms with Crippen molar-refractivity contribution in [3.8, 4) is 5.75 Å². The molecule has 4 rings (SSSR count). The van der Waals surface area contributed by atoms with Crippen LogP contribution in [0, 0.1) is 6.92 Å². The first-order valence-electron chi connectivity index (χ1n) is 9.12. The molecule has 1 aliphatic heterocycles. The van der Waals surface area contributed by atoms with Crippen molar-refractivity contribution < 1.29 is 14.3 Å². The molecule has 1 amide bonds. The number of morpholine rings is 1. The van der Waals surface area contributed by atoms with Gasteiger partial charge in [0.2, 0.25) is 0 Å². The van der Waals surface area contributed by atoms with Gasteiger partial charge in [0.15, 0.2) is 0 Å². The normalized spacial score (nSPS) is 17.3. The third kappa shape index (κ3) is 3.66. The molecule has 3 heterocycles. The molecule has 0 radical (unpaired) electrons. The van der Waals surface area contributed by atoms with Crippen LogP contribution in [0.4, 0.5) is 0 Å². The highest BCUT2D eigenvalue weighted by atomic mass is 16.5. The Bertz CT molecular complexity index is 949. The maximum absolute atomic E-state index is 13.0. The van der Waals surface area contributed by atoms with Crippen LogP contribution >= 0.6 is 0 Å². The van der Waals surface area contributed by atoms with E-state index in [1.807, 2.05) is 65.9 Å². The second kappa shape index (κ2) is 7.40. The SMILES string of the molecule is Cc1ccc(OCC2CN(C(=O)c3cc4ccccc4n3C)CCO2)cn1. The first kappa shape index (κ1) is 17.5. The van der Waals surface area contributed by atoms with Crippen LogP contribution in [-0.2, 0) is 11.8 Å². The van der Waals surface area contributed by atoms with E-state index < -0.39 is 0 Å². The molecule has 1 unspecified atom stereocenters. The van der Waals surface area contributed by atoms with Gasteiger partial charge in [-0.05, 0) is 31.2 Å². The lowest BCUT2D eigenvalue weighted by molar-refractivity contribution is -0.0403. The second-order valence-electron chi connectivity index (χ2n) is 6.84. The van der Waals surface area contributed by atoms with Gasteiger partial charge in [0, 0.05) is 30.2 Å². The third-order valence-corrected chi connectivity index (χ3v) is 4.92. The smallest absolute Gasteiger partial charge is 0.270 e. The molecule has 2 aromatic heterocycles. The molecule has 0 N–H and O–H groups in total. The fourth-order valence-corrected chi connectivity index (χ4v) is 3.39. The summed E-state index contributed by atoms with van der Waals surface area (Å²) in [4.78, 5) is 19.1. The number of benzene rings is 1. The van der Waals surface area contributed by atoms with Crippen LogP contribution < -0.4 is 4.74 Å². The van der Waals surface area contributed by atoms with E-state index in [-0.39, 0.29) is 12.0 Å². The van der Waals surface area contributed by atoms with Gasteiger partial charge >= 0.3 is 0 Å². The average molecular weight is 365 g/mol. The summed E-state index contributed by atoms with van der Waals surface area (Å²) in [6.07, 6.45) is 1.55. The molecule has 1 aromatic carbocycles. The molecule has 0 saturated carbocycles. The molecule has 0 aliphatic carbocycles. The summed E-state index contributed by atoms with van der Waals surface area (Å²) in [6, 6.07) is 13.8. The van der Waals surface area contributed by atoms with Crippen LogP contribution in [0.2, 0.25) is 0 Å². The standard InChI is InChI=1S/C21H23N3O3/c1-15-7-8-17(12-22-15)27-14-18-13-24(9-10-26-18)21(25)20-11-16-5-3-4-6-19(16)23(20)2/h3-8,11-12,18H,9-10,13-14H2,1-2H3. The topological polar surface area (TPSA) is 56.6 Å². The summed E-state index contributed by atoms with van der Waals surface area (Å²) >= 11 is 0. The minimum Gasteiger partial charge on any atom is -0.489 e. The Morgan fingerprint density at radius 2 is 2.15 bits per heavy atom. The predicted octanol–water partition coefficient (Wildman–Crippen LogP) is 2.80. The number of para-hydroxylation sites is 1. The van der Waals surface area contributed by atoms with E-state index in [9.17, 15) is 4.79 Å². The number of carbonyl (C=O) groups excluding carboxylic acids is 1. The fraction of sp³-hybridized carbons (Fsp3) is 0.333. The van der Waals surface area contributed by atoms with E-state index in [1.54, 1.807) is 6.20 Å². The summed E-state index contributed by atoms with van der Waals surface area (Å²) in [5, 5.41) is 1.07. The van der Waals surface area contributed by atoms with Crippen LogP contribution in [0.25, 0.3) is 10.9 Å². The van der Waals surface area contributed by atoms with E-state index >= 15 is 0 Å². The lowest BCUT2D eigenvalue weighted by Gasteiger charge is -2.32. The summed E-state index contributed by atoms with van der Waals surface area (Å²) in [5.74, 6) is 0.736. The Balaban J connectivity index is 1.43. The largest absolute Gasteiger partial charge is 0.489 e. The molecular weight excluding hydrogens is 342 g/mol. The third-order valence-electron chi connectivity index (χ3n) is 4.92. The zero-order valence-electron chi connectivity index (χ0n) is 15.6. The Morgan fingerprint density at radius 1 is 1.30 bits per heavy atom. The lowest BCUT2D eigenvalue weighted by atomic mass is 10.2. The number of aryl methyl sites for hydroxylation is 2. The minimum atomic E-state index is -0.154. The molecular formula is C21H23N3O3. The first-order valence-corrected chi connectivity index (χ1v) is 9.12. The molecule has 140 valence electrons. The second-order valence-corrected chi connectivity index (χ2v) is 6.84. The lowest BCUT2D eigenvalue weighted by Crippen LogP contribution is -2.48. The van der Waals surface area contributed by atoms with Crippen LogP contribution in [-0.4, -0.2) is 52.8 Å². The Labute approximate surface area is 158 Å². The molecule has 0 spiro atoms. The Hall–Kier alpha value is -2.86. The van der Waals surface area contributed by atoms with E-state index in [4.69, 9.17) is 9.47 Å². The predicted molar refractivity (Wildman–Crippen MR) is 103 cm³/mol. The zero-order valence-corrected chi connectivity index (χ0v) is 15.6. The number of aromatic nitrogens is 2. The number of rotatable bonds is 4. The van der Waals surface area contributed by atoms with Crippen molar-refractivity contribution in [2.24, 2.45) is 7.05 Å². The van der Waals surface area contributed by atoms with E-state index in [2.05, 4.69) is 4.98 Å². The van der Waals surface area contributed by atoms with Crippen molar-refractivity contribution in [2.45, 2.75) is 13.0 Å². The van der Waals surface area contributed by atoms with Crippen LogP contribution in [0.5, 0.6) is 5.75 Å².